The van der Waals surface area contributed by atoms with Crippen LogP contribution in [0.25, 0.3) is 0 Å². The average molecular weight is 412 g/mol. The molecule has 1 aliphatic rings. The number of sulfonamides is 1. The van der Waals surface area contributed by atoms with Gasteiger partial charge in [-0.2, -0.15) is 13.2 Å². The molecule has 1 saturated carbocycles. The van der Waals surface area contributed by atoms with Crippen molar-refractivity contribution in [1.82, 2.24) is 4.72 Å². The minimum absolute atomic E-state index is 0.184. The third kappa shape index (κ3) is 4.36. The molecule has 2 aromatic carbocycles. The highest BCUT2D eigenvalue weighted by molar-refractivity contribution is 7.89. The zero-order valence-electron chi connectivity index (χ0n) is 14.8. The van der Waals surface area contributed by atoms with Crippen molar-refractivity contribution < 1.29 is 26.4 Å². The number of carbonyl (C=O) groups excluding carboxylic acids is 1. The van der Waals surface area contributed by atoms with E-state index in [1.54, 1.807) is 0 Å². The van der Waals surface area contributed by atoms with Gasteiger partial charge in [-0.25, -0.2) is 13.1 Å². The first-order valence-electron chi connectivity index (χ1n) is 8.66. The van der Waals surface area contributed by atoms with Crippen LogP contribution in [0.3, 0.4) is 0 Å². The predicted molar refractivity (Wildman–Crippen MR) is 98.3 cm³/mol. The molecular weight excluding hydrogens is 393 g/mol. The predicted octanol–water partition coefficient (Wildman–Crippen LogP) is 3.59. The third-order valence-electron chi connectivity index (χ3n) is 4.85. The van der Waals surface area contributed by atoms with Crippen LogP contribution >= 0.6 is 0 Å². The first kappa shape index (κ1) is 20.3. The van der Waals surface area contributed by atoms with Gasteiger partial charge in [-0.15, -0.1) is 0 Å². The highest BCUT2D eigenvalue weighted by Crippen LogP contribution is 2.44. The van der Waals surface area contributed by atoms with Gasteiger partial charge < -0.3 is 5.32 Å². The van der Waals surface area contributed by atoms with Crippen LogP contribution < -0.4 is 10.0 Å². The lowest BCUT2D eigenvalue weighted by Gasteiger charge is -2.40. The maximum atomic E-state index is 12.8. The van der Waals surface area contributed by atoms with Crippen molar-refractivity contribution in [1.29, 1.82) is 0 Å². The minimum atomic E-state index is -4.64. The Labute approximate surface area is 161 Å². The van der Waals surface area contributed by atoms with Crippen LogP contribution in [0.4, 0.5) is 18.9 Å². The van der Waals surface area contributed by atoms with Gasteiger partial charge in [-0.3, -0.25) is 4.79 Å². The molecule has 1 aliphatic carbocycles. The summed E-state index contributed by atoms with van der Waals surface area (Å²) >= 11 is 0. The fourth-order valence-corrected chi connectivity index (χ4v) is 4.18. The van der Waals surface area contributed by atoms with Crippen molar-refractivity contribution in [2.75, 3.05) is 11.9 Å². The van der Waals surface area contributed by atoms with Gasteiger partial charge in [0.2, 0.25) is 15.9 Å². The average Bonchev–Trinajstić information content (AvgIpc) is 2.60. The van der Waals surface area contributed by atoms with Crippen LogP contribution in [0, 0.1) is 0 Å². The van der Waals surface area contributed by atoms with E-state index in [0.29, 0.717) is 5.69 Å². The van der Waals surface area contributed by atoms with Crippen molar-refractivity contribution in [2.45, 2.75) is 35.7 Å². The number of hydrogen-bond donors (Lipinski definition) is 2. The number of alkyl halides is 3. The summed E-state index contributed by atoms with van der Waals surface area (Å²) < 4.78 is 62.0. The molecule has 2 aromatic rings. The van der Waals surface area contributed by atoms with E-state index in [2.05, 4.69) is 5.32 Å². The molecule has 1 amide bonds. The Bertz CT molecular complexity index is 939. The molecule has 0 bridgehead atoms. The monoisotopic (exact) mass is 412 g/mol. The largest absolute Gasteiger partial charge is 0.402 e. The summed E-state index contributed by atoms with van der Waals surface area (Å²) in [5, 5.41) is 2.78. The summed E-state index contributed by atoms with van der Waals surface area (Å²) in [5.41, 5.74) is 0.691. The summed E-state index contributed by atoms with van der Waals surface area (Å²) in [4.78, 5) is 12.5. The summed E-state index contributed by atoms with van der Waals surface area (Å²) in [6, 6.07) is 14.5. The molecule has 9 heteroatoms. The molecule has 0 unspecified atom stereocenters. The second-order valence-electron chi connectivity index (χ2n) is 6.72. The Balaban J connectivity index is 1.71. The zero-order valence-corrected chi connectivity index (χ0v) is 15.6. The minimum Gasteiger partial charge on any atom is -0.325 e. The number of nitrogens with one attached hydrogen (secondary N) is 2. The van der Waals surface area contributed by atoms with E-state index in [1.807, 2.05) is 30.3 Å². The van der Waals surface area contributed by atoms with Crippen LogP contribution in [0.1, 0.15) is 24.8 Å². The number of carbonyl (C=O) groups is 1. The van der Waals surface area contributed by atoms with E-state index >= 15 is 0 Å². The van der Waals surface area contributed by atoms with Gasteiger partial charge in [0.25, 0.3) is 0 Å². The lowest BCUT2D eigenvalue weighted by Crippen LogP contribution is -2.45. The van der Waals surface area contributed by atoms with E-state index in [9.17, 15) is 26.4 Å². The summed E-state index contributed by atoms with van der Waals surface area (Å²) in [7, 11) is -4.29. The number of rotatable bonds is 6. The smallest absolute Gasteiger partial charge is 0.325 e. The van der Waals surface area contributed by atoms with E-state index in [0.717, 1.165) is 37.0 Å². The van der Waals surface area contributed by atoms with Gasteiger partial charge in [0, 0.05) is 5.69 Å². The molecule has 5 nitrogen and oxygen atoms in total. The van der Waals surface area contributed by atoms with Crippen LogP contribution in [0.5, 0.6) is 0 Å². The van der Waals surface area contributed by atoms with Gasteiger partial charge in [-0.1, -0.05) is 36.8 Å². The molecule has 0 saturated heterocycles. The SMILES string of the molecule is O=C(Nc1ccc(S(=O)(=O)NCC(F)(F)F)cc1)C1(c2ccccc2)CCC1. The lowest BCUT2D eigenvalue weighted by atomic mass is 9.64. The molecule has 150 valence electrons. The maximum Gasteiger partial charge on any atom is 0.402 e. The molecule has 0 aromatic heterocycles. The summed E-state index contributed by atoms with van der Waals surface area (Å²) in [6.45, 7) is -1.65. The van der Waals surface area contributed by atoms with E-state index in [1.165, 1.54) is 16.9 Å². The Hall–Kier alpha value is -2.39. The van der Waals surface area contributed by atoms with Gasteiger partial charge in [0.05, 0.1) is 10.3 Å². The van der Waals surface area contributed by atoms with Crippen LogP contribution in [-0.4, -0.2) is 27.0 Å². The second-order valence-corrected chi connectivity index (χ2v) is 8.49. The quantitative estimate of drug-likeness (QED) is 0.762. The van der Waals surface area contributed by atoms with Gasteiger partial charge >= 0.3 is 6.18 Å². The second kappa shape index (κ2) is 7.56. The van der Waals surface area contributed by atoms with Crippen LogP contribution in [0.15, 0.2) is 59.5 Å². The fraction of sp³-hybridized carbons (Fsp3) is 0.316. The molecule has 3 rings (SSSR count). The van der Waals surface area contributed by atoms with E-state index < -0.39 is 28.2 Å². The van der Waals surface area contributed by atoms with Crippen LogP contribution in [-0.2, 0) is 20.2 Å². The molecule has 0 spiro atoms. The molecule has 0 heterocycles. The highest BCUT2D eigenvalue weighted by atomic mass is 32.2. The lowest BCUT2D eigenvalue weighted by molar-refractivity contribution is -0.124. The van der Waals surface area contributed by atoms with Crippen molar-refractivity contribution in [3.05, 3.63) is 60.2 Å². The fourth-order valence-electron chi connectivity index (χ4n) is 3.16. The van der Waals surface area contributed by atoms with Crippen molar-refractivity contribution in [2.24, 2.45) is 0 Å². The van der Waals surface area contributed by atoms with Crippen molar-refractivity contribution in [3.8, 4) is 0 Å². The third-order valence-corrected chi connectivity index (χ3v) is 6.27. The maximum absolute atomic E-state index is 12.8. The van der Waals surface area contributed by atoms with Crippen LogP contribution in [0.2, 0.25) is 0 Å². The number of halogens is 3. The summed E-state index contributed by atoms with van der Waals surface area (Å²) in [5.74, 6) is -0.184. The molecule has 1 fully saturated rings. The number of hydrogen-bond acceptors (Lipinski definition) is 3. The topological polar surface area (TPSA) is 75.3 Å². The van der Waals surface area contributed by atoms with Gasteiger partial charge in [0.15, 0.2) is 0 Å². The molecule has 0 aliphatic heterocycles. The highest BCUT2D eigenvalue weighted by Gasteiger charge is 2.45. The molecule has 2 N–H and O–H groups in total. The number of anilines is 1. The Kier molecular flexibility index (Phi) is 5.49. The molecular formula is C19H19F3N2O3S. The van der Waals surface area contributed by atoms with Gasteiger partial charge in [-0.05, 0) is 42.7 Å². The molecule has 0 radical (unpaired) electrons. The summed E-state index contributed by atoms with van der Waals surface area (Å²) in [6.07, 6.45) is -2.27. The first-order chi connectivity index (χ1) is 13.1. The van der Waals surface area contributed by atoms with E-state index in [-0.39, 0.29) is 10.8 Å². The van der Waals surface area contributed by atoms with Crippen molar-refractivity contribution >= 4 is 21.6 Å². The molecule has 28 heavy (non-hydrogen) atoms. The zero-order chi connectivity index (χ0) is 20.4. The Morgan fingerprint density at radius 2 is 1.61 bits per heavy atom. The number of benzene rings is 2. The Morgan fingerprint density at radius 1 is 1.00 bits per heavy atom. The van der Waals surface area contributed by atoms with E-state index in [4.69, 9.17) is 0 Å². The van der Waals surface area contributed by atoms with Gasteiger partial charge in [0.1, 0.15) is 6.54 Å². The number of amides is 1. The van der Waals surface area contributed by atoms with Crippen molar-refractivity contribution in [3.63, 3.8) is 0 Å². The Morgan fingerprint density at radius 3 is 2.11 bits per heavy atom. The normalized spacial score (nSPS) is 16.2. The molecule has 0 atom stereocenters. The first-order valence-corrected chi connectivity index (χ1v) is 10.1. The standard InChI is InChI=1S/C19H19F3N2O3S/c20-19(21,22)13-23-28(26,27)16-9-7-15(8-10-16)24-17(25)18(11-4-12-18)14-5-2-1-3-6-14/h1-3,5-10,23H,4,11-13H2,(H,24,25).